The number of fused-ring (bicyclic) bond motifs is 2. The van der Waals surface area contributed by atoms with Crippen LogP contribution in [-0.2, 0) is 0 Å². The molecule has 0 radical (unpaired) electrons. The van der Waals surface area contributed by atoms with Crippen molar-refractivity contribution < 1.29 is 0 Å². The van der Waals surface area contributed by atoms with E-state index in [2.05, 4.69) is 20.8 Å². The van der Waals surface area contributed by atoms with E-state index in [0.29, 0.717) is 10.8 Å². The average Bonchev–Trinajstić information content (AvgIpc) is 2.34. The van der Waals surface area contributed by atoms with Crippen LogP contribution in [0.5, 0.6) is 0 Å². The molecule has 0 aromatic heterocycles. The zero-order valence-electron chi connectivity index (χ0n) is 8.15. The topological polar surface area (TPSA) is 0 Å². The SMILES string of the molecule is CC1(C)[C@@H]2CC[C@@]1(C)/C(=C/Cl)C2. The molecule has 2 rings (SSSR count). The molecule has 0 heterocycles. The molecule has 2 saturated carbocycles. The van der Waals surface area contributed by atoms with Crippen LogP contribution < -0.4 is 0 Å². The van der Waals surface area contributed by atoms with E-state index in [0.717, 1.165) is 5.92 Å². The van der Waals surface area contributed by atoms with E-state index in [1.165, 1.54) is 24.8 Å². The van der Waals surface area contributed by atoms with Crippen LogP contribution in [0.1, 0.15) is 40.0 Å². The highest BCUT2D eigenvalue weighted by molar-refractivity contribution is 6.25. The summed E-state index contributed by atoms with van der Waals surface area (Å²) in [6.45, 7) is 7.18. The summed E-state index contributed by atoms with van der Waals surface area (Å²) in [7, 11) is 0. The van der Waals surface area contributed by atoms with Crippen LogP contribution in [0.25, 0.3) is 0 Å². The molecule has 68 valence electrons. The summed E-state index contributed by atoms with van der Waals surface area (Å²) < 4.78 is 0. The highest BCUT2D eigenvalue weighted by Crippen LogP contribution is 2.67. The predicted molar refractivity (Wildman–Crippen MR) is 53.2 cm³/mol. The van der Waals surface area contributed by atoms with Gasteiger partial charge in [0.2, 0.25) is 0 Å². The Kier molecular flexibility index (Phi) is 1.64. The molecule has 2 aliphatic rings. The average molecular weight is 185 g/mol. The Morgan fingerprint density at radius 3 is 2.33 bits per heavy atom. The molecular formula is C11H17Cl. The molecule has 0 spiro atoms. The van der Waals surface area contributed by atoms with Crippen LogP contribution in [0.3, 0.4) is 0 Å². The van der Waals surface area contributed by atoms with Crippen molar-refractivity contribution in [1.29, 1.82) is 0 Å². The van der Waals surface area contributed by atoms with Gasteiger partial charge in [-0.05, 0) is 36.0 Å². The molecule has 0 aliphatic heterocycles. The summed E-state index contributed by atoms with van der Waals surface area (Å²) in [5.74, 6) is 0.882. The van der Waals surface area contributed by atoms with Gasteiger partial charge in [-0.3, -0.25) is 0 Å². The number of allylic oxidation sites excluding steroid dienone is 1. The van der Waals surface area contributed by atoms with Gasteiger partial charge < -0.3 is 0 Å². The normalized spacial score (nSPS) is 47.3. The van der Waals surface area contributed by atoms with E-state index >= 15 is 0 Å². The Morgan fingerprint density at radius 1 is 1.42 bits per heavy atom. The summed E-state index contributed by atoms with van der Waals surface area (Å²) in [5.41, 5.74) is 4.21. The Morgan fingerprint density at radius 2 is 2.08 bits per heavy atom. The van der Waals surface area contributed by atoms with Gasteiger partial charge in [-0.25, -0.2) is 0 Å². The van der Waals surface area contributed by atoms with Gasteiger partial charge in [0.1, 0.15) is 0 Å². The van der Waals surface area contributed by atoms with Crippen LogP contribution in [-0.4, -0.2) is 0 Å². The second-order valence-electron chi connectivity index (χ2n) is 5.13. The van der Waals surface area contributed by atoms with Gasteiger partial charge in [0, 0.05) is 5.54 Å². The maximum Gasteiger partial charge on any atom is 0.00403 e. The fraction of sp³-hybridized carbons (Fsp3) is 0.818. The van der Waals surface area contributed by atoms with Gasteiger partial charge in [-0.15, -0.1) is 0 Å². The van der Waals surface area contributed by atoms with Gasteiger partial charge in [-0.1, -0.05) is 37.9 Å². The smallest absolute Gasteiger partial charge is 0.00403 e. The van der Waals surface area contributed by atoms with Crippen molar-refractivity contribution >= 4 is 11.6 Å². The van der Waals surface area contributed by atoms with Gasteiger partial charge in [0.25, 0.3) is 0 Å². The summed E-state index contributed by atoms with van der Waals surface area (Å²) in [5, 5.41) is 0. The zero-order chi connectivity index (χ0) is 8.98. The van der Waals surface area contributed by atoms with Crippen molar-refractivity contribution in [1.82, 2.24) is 0 Å². The highest BCUT2D eigenvalue weighted by Gasteiger charge is 2.58. The molecular weight excluding hydrogens is 168 g/mol. The minimum absolute atomic E-state index is 0.402. The van der Waals surface area contributed by atoms with E-state index in [4.69, 9.17) is 11.6 Å². The van der Waals surface area contributed by atoms with Crippen LogP contribution in [0.2, 0.25) is 0 Å². The second-order valence-corrected chi connectivity index (χ2v) is 5.35. The molecule has 2 aliphatic carbocycles. The zero-order valence-corrected chi connectivity index (χ0v) is 8.91. The Hall–Kier alpha value is 0.0300. The summed E-state index contributed by atoms with van der Waals surface area (Å²) in [6, 6.07) is 0. The molecule has 2 bridgehead atoms. The lowest BCUT2D eigenvalue weighted by molar-refractivity contribution is 0.179. The van der Waals surface area contributed by atoms with E-state index in [-0.39, 0.29) is 0 Å². The van der Waals surface area contributed by atoms with Crippen molar-refractivity contribution in [3.05, 3.63) is 11.1 Å². The number of rotatable bonds is 0. The number of hydrogen-bond acceptors (Lipinski definition) is 0. The van der Waals surface area contributed by atoms with Crippen molar-refractivity contribution in [3.8, 4) is 0 Å². The quantitative estimate of drug-likeness (QED) is 0.535. The molecule has 0 aromatic rings. The summed E-state index contributed by atoms with van der Waals surface area (Å²) in [4.78, 5) is 0. The van der Waals surface area contributed by atoms with E-state index < -0.39 is 0 Å². The number of halogens is 1. The van der Waals surface area contributed by atoms with E-state index in [9.17, 15) is 0 Å². The predicted octanol–water partition coefficient (Wildman–Crippen LogP) is 3.96. The number of hydrogen-bond donors (Lipinski definition) is 0. The molecule has 1 heteroatoms. The Bertz CT molecular complexity index is 239. The molecule has 2 fully saturated rings. The maximum absolute atomic E-state index is 5.86. The Balaban J connectivity index is 2.46. The highest BCUT2D eigenvalue weighted by atomic mass is 35.5. The van der Waals surface area contributed by atoms with Crippen molar-refractivity contribution in [3.63, 3.8) is 0 Å². The lowest BCUT2D eigenvalue weighted by Gasteiger charge is -2.35. The van der Waals surface area contributed by atoms with Gasteiger partial charge >= 0.3 is 0 Å². The molecule has 0 unspecified atom stereocenters. The monoisotopic (exact) mass is 184 g/mol. The van der Waals surface area contributed by atoms with Crippen molar-refractivity contribution in [2.45, 2.75) is 40.0 Å². The largest absolute Gasteiger partial charge is 0.0930 e. The van der Waals surface area contributed by atoms with Gasteiger partial charge in [0.05, 0.1) is 0 Å². The third kappa shape index (κ3) is 0.750. The van der Waals surface area contributed by atoms with Crippen molar-refractivity contribution in [2.75, 3.05) is 0 Å². The van der Waals surface area contributed by atoms with E-state index in [1.807, 2.05) is 5.54 Å². The van der Waals surface area contributed by atoms with Crippen LogP contribution >= 0.6 is 11.6 Å². The molecule has 0 amide bonds. The molecule has 0 nitrogen and oxygen atoms in total. The standard InChI is InChI=1S/C11H17Cl/c1-10(2)8-4-5-11(10,3)9(6-8)7-12/h7-8H,4-6H2,1-3H3/b9-7+/t8-,11+/m1/s1. The first-order valence-corrected chi connectivity index (χ1v) is 5.26. The van der Waals surface area contributed by atoms with Gasteiger partial charge in [0.15, 0.2) is 0 Å². The third-order valence-corrected chi connectivity index (χ3v) is 5.01. The fourth-order valence-corrected chi connectivity index (χ4v) is 3.51. The minimum Gasteiger partial charge on any atom is -0.0930 e. The summed E-state index contributed by atoms with van der Waals surface area (Å²) in [6.07, 6.45) is 3.98. The third-order valence-electron chi connectivity index (χ3n) is 4.74. The first-order chi connectivity index (χ1) is 5.52. The molecule has 0 N–H and O–H groups in total. The second kappa shape index (κ2) is 2.29. The molecule has 2 atom stereocenters. The molecule has 0 saturated heterocycles. The lowest BCUT2D eigenvalue weighted by atomic mass is 9.69. The lowest BCUT2D eigenvalue weighted by Crippen LogP contribution is -2.27. The minimum atomic E-state index is 0.402. The first kappa shape index (κ1) is 8.62. The van der Waals surface area contributed by atoms with E-state index in [1.54, 1.807) is 0 Å². The summed E-state index contributed by atoms with van der Waals surface area (Å²) >= 11 is 5.86. The Labute approximate surface area is 80.0 Å². The fourth-order valence-electron chi connectivity index (χ4n) is 3.18. The van der Waals surface area contributed by atoms with Gasteiger partial charge in [-0.2, -0.15) is 0 Å². The molecule has 0 aromatic carbocycles. The first-order valence-electron chi connectivity index (χ1n) is 4.82. The molecule has 12 heavy (non-hydrogen) atoms. The van der Waals surface area contributed by atoms with Crippen LogP contribution in [0, 0.1) is 16.7 Å². The van der Waals surface area contributed by atoms with Crippen LogP contribution in [0.15, 0.2) is 11.1 Å². The van der Waals surface area contributed by atoms with Crippen LogP contribution in [0.4, 0.5) is 0 Å². The maximum atomic E-state index is 5.86. The van der Waals surface area contributed by atoms with Crippen molar-refractivity contribution in [2.24, 2.45) is 16.7 Å².